The number of carboxylic acids is 1. The van der Waals surface area contributed by atoms with Crippen LogP contribution >= 0.6 is 11.8 Å². The van der Waals surface area contributed by atoms with Crippen molar-refractivity contribution in [2.45, 2.75) is 18.2 Å². The summed E-state index contributed by atoms with van der Waals surface area (Å²) < 4.78 is 5.37. The smallest absolute Gasteiger partial charge is 0.335 e. The number of rotatable bonds is 4. The molecule has 1 saturated heterocycles. The van der Waals surface area contributed by atoms with Crippen molar-refractivity contribution < 1.29 is 14.6 Å². The van der Waals surface area contributed by atoms with E-state index < -0.39 is 5.97 Å². The molecule has 0 aromatic heterocycles. The summed E-state index contributed by atoms with van der Waals surface area (Å²) in [5.74, 6) is 1.20. The Bertz CT molecular complexity index is 636. The predicted molar refractivity (Wildman–Crippen MR) is 92.7 cm³/mol. The maximum absolute atomic E-state index is 10.9. The van der Waals surface area contributed by atoms with Crippen molar-refractivity contribution >= 4 is 17.7 Å². The monoisotopic (exact) mass is 331 g/mol. The Morgan fingerprint density at radius 1 is 1.39 bits per heavy atom. The average Bonchev–Trinajstić information content (AvgIpc) is 2.76. The second-order valence-electron chi connectivity index (χ2n) is 5.84. The third-order valence-corrected chi connectivity index (χ3v) is 5.57. The van der Waals surface area contributed by atoms with Crippen molar-refractivity contribution in [1.82, 2.24) is 4.90 Å². The maximum atomic E-state index is 10.9. The van der Waals surface area contributed by atoms with Crippen LogP contribution in [0, 0.1) is 0 Å². The molecule has 1 aliphatic carbocycles. The SMILES string of the molecule is COC1=CCC2SCCN(Cc3ccc(C(=O)O)cc3)CC2=C1. The van der Waals surface area contributed by atoms with Crippen LogP contribution in [0.25, 0.3) is 0 Å². The quantitative estimate of drug-likeness (QED) is 0.918. The van der Waals surface area contributed by atoms with Gasteiger partial charge in [0, 0.05) is 30.6 Å². The molecule has 0 radical (unpaired) electrons. The number of hydrogen-bond acceptors (Lipinski definition) is 4. The summed E-state index contributed by atoms with van der Waals surface area (Å²) in [5, 5.41) is 9.54. The van der Waals surface area contributed by atoms with Gasteiger partial charge in [-0.15, -0.1) is 0 Å². The highest BCUT2D eigenvalue weighted by Gasteiger charge is 2.24. The number of nitrogens with zero attached hydrogens (tertiary/aromatic N) is 1. The molecule has 1 aromatic rings. The number of carboxylic acid groups (broad SMARTS) is 1. The van der Waals surface area contributed by atoms with Gasteiger partial charge in [0.1, 0.15) is 5.76 Å². The summed E-state index contributed by atoms with van der Waals surface area (Å²) in [6.07, 6.45) is 5.38. The Labute approximate surface area is 140 Å². The largest absolute Gasteiger partial charge is 0.497 e. The fraction of sp³-hybridized carbons (Fsp3) is 0.389. The summed E-state index contributed by atoms with van der Waals surface area (Å²) in [6, 6.07) is 7.18. The molecule has 5 heteroatoms. The summed E-state index contributed by atoms with van der Waals surface area (Å²) in [5.41, 5.74) is 2.91. The lowest BCUT2D eigenvalue weighted by Gasteiger charge is -2.24. The van der Waals surface area contributed by atoms with Crippen molar-refractivity contribution in [3.63, 3.8) is 0 Å². The van der Waals surface area contributed by atoms with E-state index in [0.717, 1.165) is 43.1 Å². The van der Waals surface area contributed by atoms with Crippen LogP contribution in [0.1, 0.15) is 22.3 Å². The van der Waals surface area contributed by atoms with Gasteiger partial charge in [-0.1, -0.05) is 12.1 Å². The van der Waals surface area contributed by atoms with Gasteiger partial charge in [0.2, 0.25) is 0 Å². The van der Waals surface area contributed by atoms with Crippen LogP contribution in [0.5, 0.6) is 0 Å². The minimum absolute atomic E-state index is 0.338. The summed E-state index contributed by atoms with van der Waals surface area (Å²) in [6.45, 7) is 2.83. The van der Waals surface area contributed by atoms with Crippen LogP contribution < -0.4 is 0 Å². The molecule has 0 amide bonds. The molecule has 1 atom stereocenters. The number of benzene rings is 1. The second-order valence-corrected chi connectivity index (χ2v) is 7.15. The number of fused-ring (bicyclic) bond motifs is 1. The van der Waals surface area contributed by atoms with Gasteiger partial charge >= 0.3 is 5.97 Å². The Morgan fingerprint density at radius 3 is 2.87 bits per heavy atom. The Morgan fingerprint density at radius 2 is 2.17 bits per heavy atom. The second kappa shape index (κ2) is 7.23. The summed E-state index contributed by atoms with van der Waals surface area (Å²) in [4.78, 5) is 13.4. The third kappa shape index (κ3) is 3.98. The number of hydrogen-bond donors (Lipinski definition) is 1. The molecule has 1 heterocycles. The van der Waals surface area contributed by atoms with Gasteiger partial charge in [0.25, 0.3) is 0 Å². The normalized spacial score (nSPS) is 21.7. The zero-order valence-electron chi connectivity index (χ0n) is 13.2. The molecule has 0 saturated carbocycles. The number of ether oxygens (including phenoxy) is 1. The number of methoxy groups -OCH3 is 1. The van der Waals surface area contributed by atoms with Crippen LogP contribution in [-0.4, -0.2) is 47.2 Å². The number of thioether (sulfide) groups is 1. The minimum Gasteiger partial charge on any atom is -0.497 e. The molecule has 2 aliphatic rings. The lowest BCUT2D eigenvalue weighted by Crippen LogP contribution is -2.27. The Kier molecular flexibility index (Phi) is 5.08. The molecule has 1 aliphatic heterocycles. The molecule has 1 fully saturated rings. The van der Waals surface area contributed by atoms with Crippen LogP contribution in [0.15, 0.2) is 47.7 Å². The maximum Gasteiger partial charge on any atom is 0.335 e. The highest BCUT2D eigenvalue weighted by Crippen LogP contribution is 2.32. The molecule has 4 nitrogen and oxygen atoms in total. The fourth-order valence-electron chi connectivity index (χ4n) is 2.98. The van der Waals surface area contributed by atoms with Gasteiger partial charge < -0.3 is 9.84 Å². The molecular formula is C18H21NO3S. The Balaban J connectivity index is 1.69. The van der Waals surface area contributed by atoms with E-state index in [9.17, 15) is 4.79 Å². The fourth-order valence-corrected chi connectivity index (χ4v) is 4.22. The highest BCUT2D eigenvalue weighted by molar-refractivity contribution is 8.00. The molecule has 23 heavy (non-hydrogen) atoms. The molecule has 122 valence electrons. The lowest BCUT2D eigenvalue weighted by atomic mass is 10.0. The third-order valence-electron chi connectivity index (χ3n) is 4.25. The predicted octanol–water partition coefficient (Wildman–Crippen LogP) is 3.16. The number of carbonyl (C=O) groups is 1. The van der Waals surface area contributed by atoms with Gasteiger partial charge in [-0.2, -0.15) is 11.8 Å². The zero-order chi connectivity index (χ0) is 16.2. The van der Waals surface area contributed by atoms with E-state index in [1.807, 2.05) is 23.9 Å². The van der Waals surface area contributed by atoms with Crippen LogP contribution in [0.4, 0.5) is 0 Å². The van der Waals surface area contributed by atoms with E-state index in [0.29, 0.717) is 10.8 Å². The van der Waals surface area contributed by atoms with Crippen molar-refractivity contribution in [2.24, 2.45) is 0 Å². The van der Waals surface area contributed by atoms with E-state index in [2.05, 4.69) is 17.1 Å². The van der Waals surface area contributed by atoms with Gasteiger partial charge in [0.15, 0.2) is 0 Å². The van der Waals surface area contributed by atoms with Crippen LogP contribution in [0.2, 0.25) is 0 Å². The van der Waals surface area contributed by atoms with Crippen LogP contribution in [-0.2, 0) is 11.3 Å². The summed E-state index contributed by atoms with van der Waals surface area (Å²) in [7, 11) is 1.72. The van der Waals surface area contributed by atoms with Crippen molar-refractivity contribution in [3.05, 3.63) is 58.9 Å². The molecule has 0 bridgehead atoms. The molecule has 0 spiro atoms. The molecule has 1 unspecified atom stereocenters. The molecular weight excluding hydrogens is 310 g/mol. The van der Waals surface area contributed by atoms with E-state index in [-0.39, 0.29) is 0 Å². The highest BCUT2D eigenvalue weighted by atomic mass is 32.2. The number of aromatic carboxylic acids is 1. The Hall–Kier alpha value is -1.72. The van der Waals surface area contributed by atoms with Gasteiger partial charge in [0.05, 0.1) is 12.7 Å². The minimum atomic E-state index is -0.878. The van der Waals surface area contributed by atoms with E-state index in [1.54, 1.807) is 19.2 Å². The lowest BCUT2D eigenvalue weighted by molar-refractivity contribution is 0.0697. The van der Waals surface area contributed by atoms with Crippen molar-refractivity contribution in [1.29, 1.82) is 0 Å². The van der Waals surface area contributed by atoms with Gasteiger partial charge in [-0.3, -0.25) is 4.90 Å². The first-order chi connectivity index (χ1) is 11.2. The molecule has 3 rings (SSSR count). The van der Waals surface area contributed by atoms with Gasteiger partial charge in [-0.25, -0.2) is 4.79 Å². The van der Waals surface area contributed by atoms with E-state index in [1.165, 1.54) is 5.57 Å². The average molecular weight is 331 g/mol. The first kappa shape index (κ1) is 16.1. The standard InChI is InChI=1S/C18H21NO3S/c1-22-16-6-7-17-15(10-16)12-19(8-9-23-17)11-13-2-4-14(5-3-13)18(20)21/h2-6,10,17H,7-9,11-12H2,1H3,(H,20,21). The number of allylic oxidation sites excluding steroid dienone is 2. The van der Waals surface area contributed by atoms with Crippen molar-refractivity contribution in [2.75, 3.05) is 26.0 Å². The first-order valence-corrected chi connectivity index (χ1v) is 8.81. The first-order valence-electron chi connectivity index (χ1n) is 7.76. The molecule has 1 aromatic carbocycles. The topological polar surface area (TPSA) is 49.8 Å². The van der Waals surface area contributed by atoms with Crippen LogP contribution in [0.3, 0.4) is 0 Å². The molecule has 1 N–H and O–H groups in total. The van der Waals surface area contributed by atoms with Crippen molar-refractivity contribution in [3.8, 4) is 0 Å². The zero-order valence-corrected chi connectivity index (χ0v) is 14.0. The summed E-state index contributed by atoms with van der Waals surface area (Å²) >= 11 is 2.01. The van der Waals surface area contributed by atoms with E-state index >= 15 is 0 Å². The van der Waals surface area contributed by atoms with Gasteiger partial charge in [-0.05, 0) is 41.8 Å². The van der Waals surface area contributed by atoms with E-state index in [4.69, 9.17) is 9.84 Å².